The Labute approximate surface area is 194 Å². The van der Waals surface area contributed by atoms with E-state index < -0.39 is 0 Å². The van der Waals surface area contributed by atoms with Crippen molar-refractivity contribution in [2.45, 2.75) is 33.6 Å². The number of carbonyl (C=O) groups excluding carboxylic acids is 1. The number of aliphatic imine (C=N–C) groups is 1. The summed E-state index contributed by atoms with van der Waals surface area (Å²) in [6, 6.07) is 13.9. The third-order valence-electron chi connectivity index (χ3n) is 5.50. The van der Waals surface area contributed by atoms with Gasteiger partial charge in [0.05, 0.1) is 10.6 Å². The van der Waals surface area contributed by atoms with Gasteiger partial charge in [0, 0.05) is 30.3 Å². The van der Waals surface area contributed by atoms with Crippen molar-refractivity contribution in [3.05, 3.63) is 63.5 Å². The van der Waals surface area contributed by atoms with Crippen LogP contribution in [0.5, 0.6) is 0 Å². The number of anilines is 1. The van der Waals surface area contributed by atoms with Gasteiger partial charge in [-0.3, -0.25) is 9.69 Å². The number of amidine groups is 1. The van der Waals surface area contributed by atoms with E-state index in [4.69, 9.17) is 16.6 Å². The number of thioether (sulfide) groups is 1. The van der Waals surface area contributed by atoms with Gasteiger partial charge in [-0.1, -0.05) is 31.5 Å². The minimum atomic E-state index is 0.0226. The van der Waals surface area contributed by atoms with E-state index in [2.05, 4.69) is 43.9 Å². The van der Waals surface area contributed by atoms with Crippen LogP contribution in [0.3, 0.4) is 0 Å². The predicted molar refractivity (Wildman–Crippen MR) is 133 cm³/mol. The van der Waals surface area contributed by atoms with Crippen LogP contribution in [0.15, 0.2) is 52.4 Å². The van der Waals surface area contributed by atoms with Crippen molar-refractivity contribution in [2.75, 3.05) is 24.5 Å². The molecule has 0 saturated carbocycles. The molecule has 0 radical (unpaired) electrons. The van der Waals surface area contributed by atoms with Gasteiger partial charge in [-0.05, 0) is 91.0 Å². The number of hydrogen-bond donors (Lipinski definition) is 0. The maximum Gasteiger partial charge on any atom is 0.266 e. The standard InChI is InChI=1S/C25H28ClN3OS/c1-17(2)16-29-24(30)23(31-25(29)27-21-9-7-20(26)8-10-21)15-19-6-11-22(14-18(19)3)28-12-4-5-13-28/h6-11,14-15,17H,4-5,12-13,16H2,1-3H3/b23-15-,27-25?. The van der Waals surface area contributed by atoms with E-state index in [1.807, 2.05) is 30.3 Å². The minimum absolute atomic E-state index is 0.0226. The molecule has 2 heterocycles. The molecule has 6 heteroatoms. The smallest absolute Gasteiger partial charge is 0.266 e. The van der Waals surface area contributed by atoms with Crippen molar-refractivity contribution in [3.8, 4) is 0 Å². The summed E-state index contributed by atoms with van der Waals surface area (Å²) in [5, 5.41) is 1.39. The molecule has 2 aliphatic rings. The van der Waals surface area contributed by atoms with Crippen LogP contribution >= 0.6 is 23.4 Å². The highest BCUT2D eigenvalue weighted by Gasteiger charge is 2.33. The second-order valence-corrected chi connectivity index (χ2v) is 9.97. The van der Waals surface area contributed by atoms with Gasteiger partial charge in [-0.2, -0.15) is 0 Å². The van der Waals surface area contributed by atoms with Gasteiger partial charge in [-0.15, -0.1) is 0 Å². The van der Waals surface area contributed by atoms with Crippen LogP contribution in [0.2, 0.25) is 5.02 Å². The van der Waals surface area contributed by atoms with Crippen LogP contribution in [0.25, 0.3) is 6.08 Å². The first-order valence-electron chi connectivity index (χ1n) is 10.8. The fourth-order valence-electron chi connectivity index (χ4n) is 3.88. The van der Waals surface area contributed by atoms with Crippen LogP contribution in [0.4, 0.5) is 11.4 Å². The van der Waals surface area contributed by atoms with Gasteiger partial charge in [0.2, 0.25) is 0 Å². The molecule has 2 saturated heterocycles. The highest BCUT2D eigenvalue weighted by Crippen LogP contribution is 2.35. The van der Waals surface area contributed by atoms with Crippen LogP contribution in [0, 0.1) is 12.8 Å². The molecule has 2 aliphatic heterocycles. The molecule has 0 N–H and O–H groups in total. The number of carbonyl (C=O) groups is 1. The first kappa shape index (κ1) is 22.0. The van der Waals surface area contributed by atoms with Crippen molar-refractivity contribution in [3.63, 3.8) is 0 Å². The van der Waals surface area contributed by atoms with Crippen molar-refractivity contribution in [1.29, 1.82) is 0 Å². The lowest BCUT2D eigenvalue weighted by Crippen LogP contribution is -2.32. The van der Waals surface area contributed by atoms with Gasteiger partial charge < -0.3 is 4.90 Å². The zero-order valence-electron chi connectivity index (χ0n) is 18.3. The summed E-state index contributed by atoms with van der Waals surface area (Å²) < 4.78 is 0. The molecule has 0 unspecified atom stereocenters. The average Bonchev–Trinajstić information content (AvgIpc) is 3.36. The Kier molecular flexibility index (Phi) is 6.73. The Morgan fingerprint density at radius 2 is 1.84 bits per heavy atom. The molecule has 2 aromatic carbocycles. The molecule has 0 aliphatic carbocycles. The third-order valence-corrected chi connectivity index (χ3v) is 6.76. The van der Waals surface area contributed by atoms with Crippen LogP contribution in [-0.4, -0.2) is 35.6 Å². The second-order valence-electron chi connectivity index (χ2n) is 8.53. The molecule has 31 heavy (non-hydrogen) atoms. The first-order valence-corrected chi connectivity index (χ1v) is 12.0. The van der Waals surface area contributed by atoms with E-state index in [0.717, 1.165) is 29.5 Å². The summed E-state index contributed by atoms with van der Waals surface area (Å²) >= 11 is 7.44. The Morgan fingerprint density at radius 1 is 1.13 bits per heavy atom. The molecule has 4 nitrogen and oxygen atoms in total. The molecule has 2 aromatic rings. The Balaban J connectivity index is 1.62. The summed E-state index contributed by atoms with van der Waals surface area (Å²) in [6.45, 7) is 9.24. The largest absolute Gasteiger partial charge is 0.372 e. The predicted octanol–water partition coefficient (Wildman–Crippen LogP) is 6.51. The molecule has 0 spiro atoms. The molecule has 2 fully saturated rings. The maximum absolute atomic E-state index is 13.2. The van der Waals surface area contributed by atoms with E-state index in [1.165, 1.54) is 35.9 Å². The average molecular weight is 454 g/mol. The number of hydrogen-bond acceptors (Lipinski definition) is 4. The SMILES string of the molecule is Cc1cc(N2CCCC2)ccc1/C=C1\SC(=Nc2ccc(Cl)cc2)N(CC(C)C)C1=O. The molecule has 0 aromatic heterocycles. The second kappa shape index (κ2) is 9.49. The summed E-state index contributed by atoms with van der Waals surface area (Å²) in [5.74, 6) is 0.371. The lowest BCUT2D eigenvalue weighted by molar-refractivity contribution is -0.122. The molecule has 0 atom stereocenters. The minimum Gasteiger partial charge on any atom is -0.372 e. The van der Waals surface area contributed by atoms with Gasteiger partial charge in [-0.25, -0.2) is 4.99 Å². The van der Waals surface area contributed by atoms with Gasteiger partial charge in [0.1, 0.15) is 0 Å². The van der Waals surface area contributed by atoms with E-state index in [-0.39, 0.29) is 5.91 Å². The highest BCUT2D eigenvalue weighted by atomic mass is 35.5. The lowest BCUT2D eigenvalue weighted by Gasteiger charge is -2.19. The summed E-state index contributed by atoms with van der Waals surface area (Å²) in [4.78, 5) is 22.9. The molecule has 0 bridgehead atoms. The summed E-state index contributed by atoms with van der Waals surface area (Å²) in [5.41, 5.74) is 4.33. The van der Waals surface area contributed by atoms with Crippen LogP contribution < -0.4 is 4.90 Å². The maximum atomic E-state index is 13.2. The number of nitrogens with zero attached hydrogens (tertiary/aromatic N) is 3. The fourth-order valence-corrected chi connectivity index (χ4v) is 5.00. The van der Waals surface area contributed by atoms with E-state index in [9.17, 15) is 4.79 Å². The monoisotopic (exact) mass is 453 g/mol. The van der Waals surface area contributed by atoms with Crippen molar-refractivity contribution >= 4 is 51.9 Å². The molecular weight excluding hydrogens is 426 g/mol. The number of aryl methyl sites for hydroxylation is 1. The van der Waals surface area contributed by atoms with Gasteiger partial charge >= 0.3 is 0 Å². The molecule has 1 amide bonds. The number of benzene rings is 2. The Hall–Kier alpha value is -2.24. The molecular formula is C25H28ClN3OS. The molecule has 162 valence electrons. The molecule has 4 rings (SSSR count). The van der Waals surface area contributed by atoms with Crippen LogP contribution in [0.1, 0.15) is 37.8 Å². The zero-order chi connectivity index (χ0) is 22.0. The van der Waals surface area contributed by atoms with E-state index in [0.29, 0.717) is 22.4 Å². The number of amides is 1. The number of halogens is 1. The van der Waals surface area contributed by atoms with Crippen molar-refractivity contribution in [1.82, 2.24) is 4.90 Å². The topological polar surface area (TPSA) is 35.9 Å². The first-order chi connectivity index (χ1) is 14.9. The highest BCUT2D eigenvalue weighted by molar-refractivity contribution is 8.18. The Bertz CT molecular complexity index is 1020. The lowest BCUT2D eigenvalue weighted by atomic mass is 10.1. The third kappa shape index (κ3) is 5.16. The van der Waals surface area contributed by atoms with Crippen LogP contribution in [-0.2, 0) is 4.79 Å². The van der Waals surface area contributed by atoms with Crippen molar-refractivity contribution in [2.24, 2.45) is 10.9 Å². The summed E-state index contributed by atoms with van der Waals surface area (Å²) in [6.07, 6.45) is 4.53. The van der Waals surface area contributed by atoms with E-state index >= 15 is 0 Å². The Morgan fingerprint density at radius 3 is 2.48 bits per heavy atom. The zero-order valence-corrected chi connectivity index (χ0v) is 19.8. The van der Waals surface area contributed by atoms with Crippen molar-refractivity contribution < 1.29 is 4.79 Å². The van der Waals surface area contributed by atoms with Gasteiger partial charge in [0.25, 0.3) is 5.91 Å². The normalized spacial score (nSPS) is 19.5. The summed E-state index contributed by atoms with van der Waals surface area (Å²) in [7, 11) is 0. The van der Waals surface area contributed by atoms with Gasteiger partial charge in [0.15, 0.2) is 5.17 Å². The quantitative estimate of drug-likeness (QED) is 0.484. The number of rotatable bonds is 5. The fraction of sp³-hybridized carbons (Fsp3) is 0.360. The van der Waals surface area contributed by atoms with E-state index in [1.54, 1.807) is 4.90 Å².